The van der Waals surface area contributed by atoms with E-state index in [9.17, 15) is 21.6 Å². The highest BCUT2D eigenvalue weighted by Crippen LogP contribution is 2.30. The largest absolute Gasteiger partial charge is 0.511 e. The third-order valence-electron chi connectivity index (χ3n) is 5.73. The predicted octanol–water partition coefficient (Wildman–Crippen LogP) is 2.61. The Morgan fingerprint density at radius 3 is 2.38 bits per heavy atom. The van der Waals surface area contributed by atoms with Gasteiger partial charge >= 0.3 is 15.5 Å². The van der Waals surface area contributed by atoms with Crippen LogP contribution in [0.2, 0.25) is 0 Å². The van der Waals surface area contributed by atoms with E-state index in [-0.39, 0.29) is 19.0 Å². The molecular formula is C19H27F3N4O2S. The summed E-state index contributed by atoms with van der Waals surface area (Å²) in [6.07, 6.45) is 1.83. The molecule has 29 heavy (non-hydrogen) atoms. The molecule has 0 amide bonds. The van der Waals surface area contributed by atoms with E-state index in [1.807, 2.05) is 18.2 Å². The Labute approximate surface area is 169 Å². The SMILES string of the molecule is CN=C(NCC1CCN(S(=O)(=O)C(F)(F)F)CC1)N1CCC(c2ccccc2)C1. The van der Waals surface area contributed by atoms with Gasteiger partial charge in [-0.2, -0.15) is 17.5 Å². The molecule has 2 fully saturated rings. The molecule has 2 heterocycles. The maximum atomic E-state index is 12.7. The Morgan fingerprint density at radius 2 is 1.79 bits per heavy atom. The van der Waals surface area contributed by atoms with Crippen molar-refractivity contribution >= 4 is 16.0 Å². The molecule has 162 valence electrons. The average Bonchev–Trinajstić information content (AvgIpc) is 3.19. The third kappa shape index (κ3) is 5.03. The summed E-state index contributed by atoms with van der Waals surface area (Å²) in [4.78, 5) is 6.54. The molecule has 6 nitrogen and oxygen atoms in total. The minimum absolute atomic E-state index is 0.105. The molecule has 0 saturated carbocycles. The molecule has 10 heteroatoms. The molecule has 1 unspecified atom stereocenters. The lowest BCUT2D eigenvalue weighted by Crippen LogP contribution is -2.47. The first-order chi connectivity index (χ1) is 13.7. The molecule has 2 aliphatic rings. The van der Waals surface area contributed by atoms with Crippen LogP contribution in [0.3, 0.4) is 0 Å². The van der Waals surface area contributed by atoms with Gasteiger partial charge in [0.15, 0.2) is 5.96 Å². The van der Waals surface area contributed by atoms with Crippen molar-refractivity contribution in [2.24, 2.45) is 10.9 Å². The quantitative estimate of drug-likeness (QED) is 0.587. The number of sulfonamides is 1. The Morgan fingerprint density at radius 1 is 1.14 bits per heavy atom. The van der Waals surface area contributed by atoms with Crippen molar-refractivity contribution in [1.82, 2.24) is 14.5 Å². The zero-order valence-electron chi connectivity index (χ0n) is 16.4. The lowest BCUT2D eigenvalue weighted by Gasteiger charge is -2.32. The van der Waals surface area contributed by atoms with Gasteiger partial charge in [-0.05, 0) is 30.7 Å². The van der Waals surface area contributed by atoms with Crippen LogP contribution >= 0.6 is 0 Å². The standard InChI is InChI=1S/C19H27F3N4O2S/c1-23-18(25-10-9-17(14-25)16-5-3-2-4-6-16)24-13-15-7-11-26(12-8-15)29(27,28)19(20,21)22/h2-6,15,17H,7-14H2,1H3,(H,23,24). The maximum Gasteiger partial charge on any atom is 0.511 e. The molecule has 3 rings (SSSR count). The first-order valence-electron chi connectivity index (χ1n) is 9.79. The van der Waals surface area contributed by atoms with Gasteiger partial charge in [0.25, 0.3) is 0 Å². The van der Waals surface area contributed by atoms with Gasteiger partial charge in [-0.1, -0.05) is 30.3 Å². The fourth-order valence-corrected chi connectivity index (χ4v) is 5.00. The first-order valence-corrected chi connectivity index (χ1v) is 11.2. The monoisotopic (exact) mass is 432 g/mol. The summed E-state index contributed by atoms with van der Waals surface area (Å²) in [7, 11) is -3.50. The minimum Gasteiger partial charge on any atom is -0.356 e. The van der Waals surface area contributed by atoms with Crippen LogP contribution in [0.15, 0.2) is 35.3 Å². The van der Waals surface area contributed by atoms with Crippen LogP contribution in [0.1, 0.15) is 30.7 Å². The minimum atomic E-state index is -5.23. The highest BCUT2D eigenvalue weighted by Gasteiger charge is 2.50. The van der Waals surface area contributed by atoms with E-state index in [0.717, 1.165) is 25.5 Å². The maximum absolute atomic E-state index is 12.7. The summed E-state index contributed by atoms with van der Waals surface area (Å²) < 4.78 is 61.6. The van der Waals surface area contributed by atoms with Gasteiger partial charge in [0.2, 0.25) is 0 Å². The highest BCUT2D eigenvalue weighted by atomic mass is 32.2. The summed E-state index contributed by atoms with van der Waals surface area (Å²) >= 11 is 0. The molecule has 0 radical (unpaired) electrons. The topological polar surface area (TPSA) is 65.0 Å². The van der Waals surface area contributed by atoms with Gasteiger partial charge in [0.05, 0.1) is 0 Å². The fourth-order valence-electron chi connectivity index (χ4n) is 4.02. The summed E-state index contributed by atoms with van der Waals surface area (Å²) in [6, 6.07) is 10.3. The zero-order valence-corrected chi connectivity index (χ0v) is 17.2. The van der Waals surface area contributed by atoms with E-state index in [2.05, 4.69) is 27.3 Å². The van der Waals surface area contributed by atoms with E-state index in [1.54, 1.807) is 7.05 Å². The van der Waals surface area contributed by atoms with E-state index in [0.29, 0.717) is 29.6 Å². The van der Waals surface area contributed by atoms with Crippen LogP contribution in [0.25, 0.3) is 0 Å². The number of guanidine groups is 1. The van der Waals surface area contributed by atoms with Crippen LogP contribution in [0.5, 0.6) is 0 Å². The molecule has 2 saturated heterocycles. The van der Waals surface area contributed by atoms with Gasteiger partial charge in [-0.3, -0.25) is 4.99 Å². The fraction of sp³-hybridized carbons (Fsp3) is 0.632. The molecule has 0 aromatic heterocycles. The first kappa shape index (κ1) is 21.9. The Kier molecular flexibility index (Phi) is 6.72. The van der Waals surface area contributed by atoms with Gasteiger partial charge in [0.1, 0.15) is 0 Å². The number of nitrogens with one attached hydrogen (secondary N) is 1. The van der Waals surface area contributed by atoms with Crippen molar-refractivity contribution in [3.63, 3.8) is 0 Å². The summed E-state index contributed by atoms with van der Waals surface area (Å²) in [5, 5.41) is 3.32. The number of nitrogens with zero attached hydrogens (tertiary/aromatic N) is 3. The second-order valence-corrected chi connectivity index (χ2v) is 9.49. The Balaban J connectivity index is 1.48. The van der Waals surface area contributed by atoms with Gasteiger partial charge in [-0.15, -0.1) is 0 Å². The Bertz CT molecular complexity index is 806. The number of rotatable bonds is 4. The number of halogens is 3. The van der Waals surface area contributed by atoms with Crippen LogP contribution in [0.4, 0.5) is 13.2 Å². The molecule has 2 aliphatic heterocycles. The zero-order chi connectivity index (χ0) is 21.1. The van der Waals surface area contributed by atoms with Crippen molar-refractivity contribution in [3.05, 3.63) is 35.9 Å². The van der Waals surface area contributed by atoms with Crippen LogP contribution in [0, 0.1) is 5.92 Å². The lowest BCUT2D eigenvalue weighted by molar-refractivity contribution is -0.0496. The molecule has 0 aliphatic carbocycles. The van der Waals surface area contributed by atoms with Gasteiger partial charge in [-0.25, -0.2) is 8.42 Å². The van der Waals surface area contributed by atoms with Crippen LogP contribution in [-0.2, 0) is 10.0 Å². The Hall–Kier alpha value is -1.81. The number of aliphatic imine (C=N–C) groups is 1. The number of hydrogen-bond donors (Lipinski definition) is 1. The smallest absolute Gasteiger partial charge is 0.356 e. The summed E-state index contributed by atoms with van der Waals surface area (Å²) in [5.74, 6) is 1.35. The lowest BCUT2D eigenvalue weighted by atomic mass is 9.98. The number of alkyl halides is 3. The van der Waals surface area contributed by atoms with E-state index in [1.165, 1.54) is 5.56 Å². The van der Waals surface area contributed by atoms with Crippen molar-refractivity contribution in [3.8, 4) is 0 Å². The van der Waals surface area contributed by atoms with E-state index >= 15 is 0 Å². The van der Waals surface area contributed by atoms with Crippen molar-refractivity contribution in [2.45, 2.75) is 30.7 Å². The third-order valence-corrected chi connectivity index (χ3v) is 7.36. The molecule has 1 aromatic rings. The van der Waals surface area contributed by atoms with Crippen molar-refractivity contribution in [1.29, 1.82) is 0 Å². The number of piperidine rings is 1. The van der Waals surface area contributed by atoms with E-state index in [4.69, 9.17) is 0 Å². The number of hydrogen-bond acceptors (Lipinski definition) is 3. The summed E-state index contributed by atoms with van der Waals surface area (Å²) in [5.41, 5.74) is -3.92. The summed E-state index contributed by atoms with van der Waals surface area (Å²) in [6.45, 7) is 2.12. The van der Waals surface area contributed by atoms with Crippen LogP contribution in [-0.4, -0.2) is 68.9 Å². The normalized spacial score (nSPS) is 22.8. The highest BCUT2D eigenvalue weighted by molar-refractivity contribution is 7.90. The predicted molar refractivity (Wildman–Crippen MR) is 106 cm³/mol. The molecule has 0 bridgehead atoms. The molecule has 1 atom stereocenters. The number of benzene rings is 1. The number of likely N-dealkylation sites (tertiary alicyclic amines) is 1. The van der Waals surface area contributed by atoms with Crippen LogP contribution < -0.4 is 5.32 Å². The second kappa shape index (κ2) is 8.91. The van der Waals surface area contributed by atoms with Crippen molar-refractivity contribution in [2.75, 3.05) is 39.8 Å². The molecule has 1 N–H and O–H groups in total. The van der Waals surface area contributed by atoms with E-state index < -0.39 is 15.5 Å². The molecule has 1 aromatic carbocycles. The average molecular weight is 433 g/mol. The van der Waals surface area contributed by atoms with Crippen molar-refractivity contribution < 1.29 is 21.6 Å². The molecular weight excluding hydrogens is 405 g/mol. The second-order valence-electron chi connectivity index (χ2n) is 7.56. The van der Waals surface area contributed by atoms with Gasteiger partial charge in [0, 0.05) is 45.7 Å². The van der Waals surface area contributed by atoms with Gasteiger partial charge < -0.3 is 10.2 Å². The molecule has 0 spiro atoms.